The van der Waals surface area contributed by atoms with E-state index in [-0.39, 0.29) is 11.9 Å². The van der Waals surface area contributed by atoms with Crippen LogP contribution in [0.4, 0.5) is 10.1 Å². The molecule has 3 heteroatoms. The van der Waals surface area contributed by atoms with Crippen molar-refractivity contribution in [3.63, 3.8) is 0 Å². The lowest BCUT2D eigenvalue weighted by molar-refractivity contribution is 0.425. The molecule has 0 unspecified atom stereocenters. The maximum atomic E-state index is 13.2. The Morgan fingerprint density at radius 3 is 2.68 bits per heavy atom. The first-order valence-electron chi connectivity index (χ1n) is 7.63. The van der Waals surface area contributed by atoms with Gasteiger partial charge in [0, 0.05) is 16.6 Å². The van der Waals surface area contributed by atoms with Crippen molar-refractivity contribution in [2.75, 3.05) is 5.32 Å². The molecule has 1 nitrogen and oxygen atoms in total. The highest BCUT2D eigenvalue weighted by Crippen LogP contribution is 2.51. The van der Waals surface area contributed by atoms with Gasteiger partial charge in [-0.05, 0) is 54.2 Å². The molecule has 1 N–H and O–H groups in total. The van der Waals surface area contributed by atoms with Crippen molar-refractivity contribution in [2.45, 2.75) is 25.3 Å². The number of nitrogens with one attached hydrogen (secondary N) is 1. The fourth-order valence-corrected chi connectivity index (χ4v) is 3.95. The van der Waals surface area contributed by atoms with Gasteiger partial charge in [-0.3, -0.25) is 0 Å². The Morgan fingerprint density at radius 1 is 1.14 bits per heavy atom. The summed E-state index contributed by atoms with van der Waals surface area (Å²) in [5.74, 6) is 0.682. The summed E-state index contributed by atoms with van der Waals surface area (Å²) in [5, 5.41) is 4.45. The molecule has 3 atom stereocenters. The summed E-state index contributed by atoms with van der Waals surface area (Å²) in [6, 6.07) is 11.1. The first-order valence-corrected chi connectivity index (χ1v) is 8.00. The fraction of sp³-hybridized carbons (Fsp3) is 0.263. The molecule has 0 aromatic heterocycles. The van der Waals surface area contributed by atoms with E-state index >= 15 is 0 Å². The van der Waals surface area contributed by atoms with Gasteiger partial charge in [-0.25, -0.2) is 4.39 Å². The van der Waals surface area contributed by atoms with E-state index in [0.29, 0.717) is 11.8 Å². The summed E-state index contributed by atoms with van der Waals surface area (Å²) in [6.07, 6.45) is 5.60. The van der Waals surface area contributed by atoms with Gasteiger partial charge in [0.25, 0.3) is 0 Å². The highest BCUT2D eigenvalue weighted by molar-refractivity contribution is 6.31. The summed E-state index contributed by atoms with van der Waals surface area (Å²) in [5.41, 5.74) is 4.67. The number of allylic oxidation sites excluding steroid dienone is 2. The highest BCUT2D eigenvalue weighted by Gasteiger charge is 2.38. The number of hydrogen-bond acceptors (Lipinski definition) is 1. The minimum atomic E-state index is -0.194. The third-order valence-electron chi connectivity index (χ3n) is 4.96. The maximum Gasteiger partial charge on any atom is 0.123 e. The van der Waals surface area contributed by atoms with Crippen LogP contribution < -0.4 is 5.32 Å². The molecule has 1 aliphatic heterocycles. The van der Waals surface area contributed by atoms with E-state index in [1.54, 1.807) is 0 Å². The maximum absolute atomic E-state index is 13.2. The van der Waals surface area contributed by atoms with E-state index in [9.17, 15) is 4.39 Å². The Morgan fingerprint density at radius 2 is 1.91 bits per heavy atom. The SMILES string of the molecule is Cc1c(Cl)ccc2c1N[C@H](c1ccc(F)cc1)[C@H]1CC=C[C@@H]21. The van der Waals surface area contributed by atoms with Gasteiger partial charge >= 0.3 is 0 Å². The molecule has 0 saturated carbocycles. The number of rotatable bonds is 1. The minimum Gasteiger partial charge on any atom is -0.377 e. The van der Waals surface area contributed by atoms with Crippen molar-refractivity contribution < 1.29 is 4.39 Å². The molecular formula is C19H17ClFN. The molecule has 4 rings (SSSR count). The standard InChI is InChI=1S/C19H17ClFN/c1-11-17(20)10-9-16-14-3-2-4-15(14)19(22-18(11)16)12-5-7-13(21)8-6-12/h2-3,5-10,14-15,19,22H,4H2,1H3/t14-,15+,19-/m1/s1. The number of benzene rings is 2. The van der Waals surface area contributed by atoms with Crippen LogP contribution in [-0.2, 0) is 0 Å². The zero-order valence-electron chi connectivity index (χ0n) is 12.3. The quantitative estimate of drug-likeness (QED) is 0.674. The summed E-state index contributed by atoms with van der Waals surface area (Å²) in [6.45, 7) is 2.05. The van der Waals surface area contributed by atoms with E-state index < -0.39 is 0 Å². The van der Waals surface area contributed by atoms with Crippen molar-refractivity contribution in [1.29, 1.82) is 0 Å². The van der Waals surface area contributed by atoms with Gasteiger partial charge in [-0.1, -0.05) is 42.0 Å². The average Bonchev–Trinajstić information content (AvgIpc) is 3.01. The van der Waals surface area contributed by atoms with Crippen LogP contribution >= 0.6 is 11.6 Å². The van der Waals surface area contributed by atoms with Gasteiger partial charge in [0.2, 0.25) is 0 Å². The smallest absolute Gasteiger partial charge is 0.123 e. The molecule has 112 valence electrons. The molecule has 0 spiro atoms. The van der Waals surface area contributed by atoms with Crippen LogP contribution in [0.25, 0.3) is 0 Å². The highest BCUT2D eigenvalue weighted by atomic mass is 35.5. The molecule has 0 saturated heterocycles. The topological polar surface area (TPSA) is 12.0 Å². The molecule has 2 aromatic rings. The van der Waals surface area contributed by atoms with Crippen LogP contribution in [-0.4, -0.2) is 0 Å². The Labute approximate surface area is 134 Å². The third-order valence-corrected chi connectivity index (χ3v) is 5.37. The third kappa shape index (κ3) is 2.05. The van der Waals surface area contributed by atoms with E-state index in [1.165, 1.54) is 17.7 Å². The first-order chi connectivity index (χ1) is 10.6. The Balaban J connectivity index is 1.82. The van der Waals surface area contributed by atoms with Crippen LogP contribution in [0.5, 0.6) is 0 Å². The molecule has 1 aliphatic carbocycles. The second kappa shape index (κ2) is 5.13. The average molecular weight is 314 g/mol. The van der Waals surface area contributed by atoms with Gasteiger partial charge in [-0.2, -0.15) is 0 Å². The van der Waals surface area contributed by atoms with Crippen LogP contribution in [0.3, 0.4) is 0 Å². The van der Waals surface area contributed by atoms with Crippen molar-refractivity contribution >= 4 is 17.3 Å². The van der Waals surface area contributed by atoms with Gasteiger partial charge in [0.05, 0.1) is 6.04 Å². The summed E-state index contributed by atoms with van der Waals surface area (Å²) in [7, 11) is 0. The minimum absolute atomic E-state index is 0.185. The summed E-state index contributed by atoms with van der Waals surface area (Å²) >= 11 is 6.30. The number of anilines is 1. The molecular weight excluding hydrogens is 297 g/mol. The van der Waals surface area contributed by atoms with Crippen molar-refractivity contribution in [2.24, 2.45) is 5.92 Å². The van der Waals surface area contributed by atoms with Crippen LogP contribution in [0, 0.1) is 18.7 Å². The van der Waals surface area contributed by atoms with E-state index in [2.05, 4.69) is 30.5 Å². The van der Waals surface area contributed by atoms with Gasteiger partial charge in [0.1, 0.15) is 5.82 Å². The number of hydrogen-bond donors (Lipinski definition) is 1. The summed E-state index contributed by atoms with van der Waals surface area (Å²) in [4.78, 5) is 0. The van der Waals surface area contributed by atoms with Crippen LogP contribution in [0.2, 0.25) is 5.02 Å². The normalized spacial score (nSPS) is 25.5. The molecule has 22 heavy (non-hydrogen) atoms. The number of halogens is 2. The lowest BCUT2D eigenvalue weighted by Crippen LogP contribution is -2.29. The molecule has 2 aliphatic rings. The van der Waals surface area contributed by atoms with Crippen molar-refractivity contribution in [3.8, 4) is 0 Å². The lowest BCUT2D eigenvalue weighted by atomic mass is 9.76. The Hall–Kier alpha value is -1.80. The van der Waals surface area contributed by atoms with Crippen LogP contribution in [0.1, 0.15) is 35.1 Å². The van der Waals surface area contributed by atoms with Crippen molar-refractivity contribution in [1.82, 2.24) is 0 Å². The molecule has 1 heterocycles. The molecule has 0 amide bonds. The van der Waals surface area contributed by atoms with Gasteiger partial charge in [-0.15, -0.1) is 0 Å². The molecule has 0 bridgehead atoms. The van der Waals surface area contributed by atoms with Crippen molar-refractivity contribution in [3.05, 3.63) is 76.1 Å². The van der Waals surface area contributed by atoms with Gasteiger partial charge in [0.15, 0.2) is 0 Å². The van der Waals surface area contributed by atoms with Gasteiger partial charge < -0.3 is 5.32 Å². The van der Waals surface area contributed by atoms with Crippen LogP contribution in [0.15, 0.2) is 48.6 Å². The zero-order chi connectivity index (χ0) is 15.3. The predicted octanol–water partition coefficient (Wildman–Crippen LogP) is 5.61. The first kappa shape index (κ1) is 13.8. The summed E-state index contributed by atoms with van der Waals surface area (Å²) < 4.78 is 13.2. The number of fused-ring (bicyclic) bond motifs is 3. The second-order valence-corrected chi connectivity index (χ2v) is 6.57. The van der Waals surface area contributed by atoms with E-state index in [1.807, 2.05) is 18.2 Å². The Kier molecular flexibility index (Phi) is 3.23. The fourth-order valence-electron chi connectivity index (χ4n) is 3.79. The van der Waals surface area contributed by atoms with E-state index in [0.717, 1.165) is 28.3 Å². The Bertz CT molecular complexity index is 751. The molecule has 2 aromatic carbocycles. The second-order valence-electron chi connectivity index (χ2n) is 6.16. The molecule has 0 fully saturated rings. The monoisotopic (exact) mass is 313 g/mol. The predicted molar refractivity (Wildman–Crippen MR) is 88.9 cm³/mol. The lowest BCUT2D eigenvalue weighted by Gasteiger charge is -2.38. The zero-order valence-corrected chi connectivity index (χ0v) is 13.1. The largest absolute Gasteiger partial charge is 0.377 e. The van der Waals surface area contributed by atoms with E-state index in [4.69, 9.17) is 11.6 Å². The molecule has 0 radical (unpaired) electrons.